The van der Waals surface area contributed by atoms with Crippen LogP contribution in [0.2, 0.25) is 0 Å². The molecule has 3 N–H and O–H groups in total. The zero-order valence-corrected chi connectivity index (χ0v) is 11.5. The predicted molar refractivity (Wildman–Crippen MR) is 72.7 cm³/mol. The minimum atomic E-state index is -1.11. The summed E-state index contributed by atoms with van der Waals surface area (Å²) in [6, 6.07) is 0. The quantitative estimate of drug-likeness (QED) is 0.603. The van der Waals surface area contributed by atoms with E-state index >= 15 is 0 Å². The molecule has 0 aromatic rings. The standard InChI is InChI=1S/C14H25N3O2/c18-13(14(19)3-6-15-7-4-14)17-8-2-11-1-5-16-9-12(11)10-17/h11-12,15-16,19H,1-10H2. The van der Waals surface area contributed by atoms with E-state index < -0.39 is 5.60 Å². The lowest BCUT2D eigenvalue weighted by molar-refractivity contribution is -0.157. The highest BCUT2D eigenvalue weighted by Gasteiger charge is 2.42. The van der Waals surface area contributed by atoms with Gasteiger partial charge in [0.25, 0.3) is 5.91 Å². The van der Waals surface area contributed by atoms with Crippen LogP contribution in [0, 0.1) is 11.8 Å². The number of hydrogen-bond donors (Lipinski definition) is 3. The summed E-state index contributed by atoms with van der Waals surface area (Å²) in [6.45, 7) is 5.27. The van der Waals surface area contributed by atoms with Crippen molar-refractivity contribution in [3.05, 3.63) is 0 Å². The van der Waals surface area contributed by atoms with Crippen molar-refractivity contribution in [2.75, 3.05) is 39.3 Å². The summed E-state index contributed by atoms with van der Waals surface area (Å²) in [6.07, 6.45) is 3.44. The lowest BCUT2D eigenvalue weighted by Crippen LogP contribution is -2.58. The highest BCUT2D eigenvalue weighted by molar-refractivity contribution is 5.85. The van der Waals surface area contributed by atoms with E-state index in [1.165, 1.54) is 6.42 Å². The molecule has 2 unspecified atom stereocenters. The van der Waals surface area contributed by atoms with Crippen molar-refractivity contribution in [3.8, 4) is 0 Å². The number of carbonyl (C=O) groups is 1. The summed E-state index contributed by atoms with van der Waals surface area (Å²) in [7, 11) is 0. The average molecular weight is 267 g/mol. The van der Waals surface area contributed by atoms with Crippen LogP contribution in [0.5, 0.6) is 0 Å². The van der Waals surface area contributed by atoms with Gasteiger partial charge in [-0.05, 0) is 63.7 Å². The first-order valence-corrected chi connectivity index (χ1v) is 7.62. The first-order valence-electron chi connectivity index (χ1n) is 7.62. The van der Waals surface area contributed by atoms with E-state index in [4.69, 9.17) is 0 Å². The zero-order chi connectivity index (χ0) is 13.3. The van der Waals surface area contributed by atoms with E-state index in [9.17, 15) is 9.90 Å². The molecule has 0 aromatic heterocycles. The number of carbonyl (C=O) groups excluding carboxylic acids is 1. The van der Waals surface area contributed by atoms with E-state index in [-0.39, 0.29) is 5.91 Å². The van der Waals surface area contributed by atoms with Crippen molar-refractivity contribution in [1.82, 2.24) is 15.5 Å². The molecular formula is C14H25N3O2. The summed E-state index contributed by atoms with van der Waals surface area (Å²) < 4.78 is 0. The second-order valence-corrected chi connectivity index (χ2v) is 6.33. The fourth-order valence-electron chi connectivity index (χ4n) is 3.80. The largest absolute Gasteiger partial charge is 0.380 e. The number of hydrogen-bond acceptors (Lipinski definition) is 4. The van der Waals surface area contributed by atoms with Crippen LogP contribution >= 0.6 is 0 Å². The maximum atomic E-state index is 12.6. The number of likely N-dealkylation sites (tertiary alicyclic amines) is 1. The van der Waals surface area contributed by atoms with Crippen LogP contribution in [0.4, 0.5) is 0 Å². The number of aliphatic hydroxyl groups is 1. The SMILES string of the molecule is O=C(N1CCC2CCNCC2C1)C1(O)CCNCC1. The lowest BCUT2D eigenvalue weighted by Gasteiger charge is -2.44. The zero-order valence-electron chi connectivity index (χ0n) is 11.5. The van der Waals surface area contributed by atoms with Gasteiger partial charge in [0.1, 0.15) is 5.60 Å². The van der Waals surface area contributed by atoms with Gasteiger partial charge >= 0.3 is 0 Å². The third-order valence-electron chi connectivity index (χ3n) is 5.11. The monoisotopic (exact) mass is 267 g/mol. The normalized spacial score (nSPS) is 34.7. The smallest absolute Gasteiger partial charge is 0.254 e. The molecule has 3 aliphatic rings. The fourth-order valence-corrected chi connectivity index (χ4v) is 3.80. The molecule has 3 heterocycles. The van der Waals surface area contributed by atoms with Crippen LogP contribution in [-0.4, -0.2) is 60.8 Å². The molecule has 5 heteroatoms. The molecule has 0 saturated carbocycles. The molecule has 3 fully saturated rings. The Balaban J connectivity index is 1.64. The molecule has 0 aliphatic carbocycles. The molecule has 1 amide bonds. The topological polar surface area (TPSA) is 64.6 Å². The number of nitrogens with one attached hydrogen (secondary N) is 2. The predicted octanol–water partition coefficient (Wildman–Crippen LogP) is -0.441. The van der Waals surface area contributed by atoms with Crippen LogP contribution in [-0.2, 0) is 4.79 Å². The number of nitrogens with zero attached hydrogens (tertiary/aromatic N) is 1. The number of fused-ring (bicyclic) bond motifs is 1. The third-order valence-corrected chi connectivity index (χ3v) is 5.11. The van der Waals surface area contributed by atoms with Gasteiger partial charge in [-0.25, -0.2) is 0 Å². The average Bonchev–Trinajstić information content (AvgIpc) is 2.47. The Morgan fingerprint density at radius 1 is 1.11 bits per heavy atom. The number of rotatable bonds is 1. The number of piperidine rings is 3. The molecule has 0 radical (unpaired) electrons. The van der Waals surface area contributed by atoms with Crippen molar-refractivity contribution in [2.24, 2.45) is 11.8 Å². The fraction of sp³-hybridized carbons (Fsp3) is 0.929. The first kappa shape index (κ1) is 13.3. The van der Waals surface area contributed by atoms with Crippen molar-refractivity contribution < 1.29 is 9.90 Å². The van der Waals surface area contributed by atoms with Gasteiger partial charge in [-0.15, -0.1) is 0 Å². The Morgan fingerprint density at radius 3 is 2.68 bits per heavy atom. The van der Waals surface area contributed by atoms with Crippen LogP contribution < -0.4 is 10.6 Å². The molecule has 3 rings (SSSR count). The molecule has 19 heavy (non-hydrogen) atoms. The van der Waals surface area contributed by atoms with Crippen LogP contribution in [0.15, 0.2) is 0 Å². The summed E-state index contributed by atoms with van der Waals surface area (Å²) >= 11 is 0. The maximum absolute atomic E-state index is 12.6. The van der Waals surface area contributed by atoms with E-state index in [0.717, 1.165) is 51.6 Å². The van der Waals surface area contributed by atoms with Crippen molar-refractivity contribution in [2.45, 2.75) is 31.3 Å². The summed E-state index contributed by atoms with van der Waals surface area (Å²) in [5.41, 5.74) is -1.11. The van der Waals surface area contributed by atoms with Gasteiger partial charge < -0.3 is 20.6 Å². The lowest BCUT2D eigenvalue weighted by atomic mass is 9.80. The van der Waals surface area contributed by atoms with Gasteiger partial charge in [-0.1, -0.05) is 0 Å². The second kappa shape index (κ2) is 5.38. The Bertz CT molecular complexity index is 342. The molecule has 0 bridgehead atoms. The summed E-state index contributed by atoms with van der Waals surface area (Å²) in [4.78, 5) is 14.5. The molecule has 108 valence electrons. The second-order valence-electron chi connectivity index (χ2n) is 6.33. The maximum Gasteiger partial charge on any atom is 0.254 e. The minimum absolute atomic E-state index is 0.0296. The van der Waals surface area contributed by atoms with Gasteiger partial charge in [0.15, 0.2) is 0 Å². The van der Waals surface area contributed by atoms with Gasteiger partial charge in [-0.2, -0.15) is 0 Å². The Morgan fingerprint density at radius 2 is 1.89 bits per heavy atom. The van der Waals surface area contributed by atoms with Gasteiger partial charge in [0, 0.05) is 13.1 Å². The molecular weight excluding hydrogens is 242 g/mol. The van der Waals surface area contributed by atoms with Crippen LogP contribution in [0.3, 0.4) is 0 Å². The van der Waals surface area contributed by atoms with Crippen LogP contribution in [0.1, 0.15) is 25.7 Å². The van der Waals surface area contributed by atoms with Crippen LogP contribution in [0.25, 0.3) is 0 Å². The first-order chi connectivity index (χ1) is 9.19. The molecule has 5 nitrogen and oxygen atoms in total. The number of amides is 1. The highest BCUT2D eigenvalue weighted by atomic mass is 16.3. The van der Waals surface area contributed by atoms with E-state index in [0.29, 0.717) is 18.8 Å². The van der Waals surface area contributed by atoms with Crippen molar-refractivity contribution >= 4 is 5.91 Å². The molecule has 2 atom stereocenters. The van der Waals surface area contributed by atoms with Crippen molar-refractivity contribution in [1.29, 1.82) is 0 Å². The molecule has 3 aliphatic heterocycles. The highest BCUT2D eigenvalue weighted by Crippen LogP contribution is 2.30. The minimum Gasteiger partial charge on any atom is -0.380 e. The Kier molecular flexibility index (Phi) is 3.78. The summed E-state index contributed by atoms with van der Waals surface area (Å²) in [5, 5.41) is 17.2. The third kappa shape index (κ3) is 2.64. The van der Waals surface area contributed by atoms with Gasteiger partial charge in [0.2, 0.25) is 0 Å². The molecule has 0 aromatic carbocycles. The van der Waals surface area contributed by atoms with Crippen molar-refractivity contribution in [3.63, 3.8) is 0 Å². The van der Waals surface area contributed by atoms with Gasteiger partial charge in [0.05, 0.1) is 0 Å². The molecule has 3 saturated heterocycles. The van der Waals surface area contributed by atoms with E-state index in [1.807, 2.05) is 4.90 Å². The van der Waals surface area contributed by atoms with E-state index in [1.54, 1.807) is 0 Å². The summed E-state index contributed by atoms with van der Waals surface area (Å²) in [5.74, 6) is 1.32. The molecule has 0 spiro atoms. The van der Waals surface area contributed by atoms with E-state index in [2.05, 4.69) is 10.6 Å². The Labute approximate surface area is 114 Å². The Hall–Kier alpha value is -0.650. The van der Waals surface area contributed by atoms with Gasteiger partial charge in [-0.3, -0.25) is 4.79 Å².